The Hall–Kier alpha value is -4.13. The Bertz CT molecular complexity index is 1370. The molecule has 0 bridgehead atoms. The first-order valence-electron chi connectivity index (χ1n) is 12.0. The lowest BCUT2D eigenvalue weighted by Crippen LogP contribution is -2.33. The second kappa shape index (κ2) is 10.2. The van der Waals surface area contributed by atoms with Gasteiger partial charge in [-0.1, -0.05) is 36.4 Å². The smallest absolute Gasteiger partial charge is 0.257 e. The minimum Gasteiger partial charge on any atom is -0.497 e. The zero-order valence-corrected chi connectivity index (χ0v) is 20.4. The highest BCUT2D eigenvalue weighted by atomic mass is 19.1. The van der Waals surface area contributed by atoms with Gasteiger partial charge in [0.15, 0.2) is 0 Å². The topological polar surface area (TPSA) is 56.6 Å². The number of ether oxygens (including phenoxy) is 2. The summed E-state index contributed by atoms with van der Waals surface area (Å²) in [6, 6.07) is 23.2. The molecular formula is C29H28FN3O3. The summed E-state index contributed by atoms with van der Waals surface area (Å²) >= 11 is 0. The van der Waals surface area contributed by atoms with E-state index in [1.807, 2.05) is 55.5 Å². The first kappa shape index (κ1) is 23.6. The number of carbonyl (C=O) groups excluding carboxylic acids is 1. The number of aromatic nitrogens is 2. The lowest BCUT2D eigenvalue weighted by molar-refractivity contribution is 0.0729. The molecule has 1 saturated carbocycles. The summed E-state index contributed by atoms with van der Waals surface area (Å²) in [5.41, 5.74) is 2.41. The van der Waals surface area contributed by atoms with E-state index >= 15 is 0 Å². The number of rotatable bonds is 9. The van der Waals surface area contributed by atoms with Gasteiger partial charge in [0.05, 0.1) is 36.2 Å². The molecule has 0 unspecified atom stereocenters. The normalized spacial score (nSPS) is 12.9. The Morgan fingerprint density at radius 3 is 2.47 bits per heavy atom. The zero-order valence-electron chi connectivity index (χ0n) is 20.4. The highest BCUT2D eigenvalue weighted by Crippen LogP contribution is 2.35. The van der Waals surface area contributed by atoms with Gasteiger partial charge in [-0.25, -0.2) is 9.07 Å². The number of nitrogens with zero attached hydrogens (tertiary/aromatic N) is 3. The molecule has 1 aromatic heterocycles. The second-order valence-electron chi connectivity index (χ2n) is 9.01. The summed E-state index contributed by atoms with van der Waals surface area (Å²) in [5.74, 6) is 1.33. The molecule has 7 heteroatoms. The quantitative estimate of drug-likeness (QED) is 0.284. The van der Waals surface area contributed by atoms with Crippen LogP contribution in [0.5, 0.6) is 17.4 Å². The maximum absolute atomic E-state index is 14.5. The van der Waals surface area contributed by atoms with Gasteiger partial charge in [-0.05, 0) is 62.1 Å². The summed E-state index contributed by atoms with van der Waals surface area (Å²) in [7, 11) is 1.60. The van der Waals surface area contributed by atoms with Gasteiger partial charge in [0.1, 0.15) is 17.3 Å². The molecule has 0 radical (unpaired) electrons. The van der Waals surface area contributed by atoms with Crippen LogP contribution >= 0.6 is 0 Å². The number of benzene rings is 3. The summed E-state index contributed by atoms with van der Waals surface area (Å²) in [6.45, 7) is 2.71. The van der Waals surface area contributed by atoms with Crippen molar-refractivity contribution in [1.29, 1.82) is 0 Å². The highest BCUT2D eigenvalue weighted by molar-refractivity contribution is 5.94. The van der Waals surface area contributed by atoms with Gasteiger partial charge in [0.25, 0.3) is 5.91 Å². The molecule has 0 N–H and O–H groups in total. The molecule has 0 spiro atoms. The molecule has 1 aliphatic carbocycles. The van der Waals surface area contributed by atoms with Crippen molar-refractivity contribution < 1.29 is 18.7 Å². The number of amides is 1. The van der Waals surface area contributed by atoms with E-state index in [-0.39, 0.29) is 18.0 Å². The Kier molecular flexibility index (Phi) is 6.71. The molecule has 0 saturated heterocycles. The fourth-order valence-electron chi connectivity index (χ4n) is 4.17. The molecule has 6 nitrogen and oxygen atoms in total. The lowest BCUT2D eigenvalue weighted by Gasteiger charge is -2.23. The maximum Gasteiger partial charge on any atom is 0.257 e. The van der Waals surface area contributed by atoms with Crippen LogP contribution in [0.15, 0.2) is 78.9 Å². The van der Waals surface area contributed by atoms with Crippen LogP contribution in [0, 0.1) is 18.7 Å². The molecule has 1 aliphatic rings. The van der Waals surface area contributed by atoms with Crippen molar-refractivity contribution in [1.82, 2.24) is 14.7 Å². The SMILES string of the molecule is COc1cccc(Oc2c(CN(CC3CC3)C(=O)c3ccccc3F)c(C)nn2-c2ccccc2)c1. The van der Waals surface area contributed by atoms with Crippen molar-refractivity contribution in [3.8, 4) is 23.1 Å². The molecule has 0 aliphatic heterocycles. The molecule has 3 aromatic carbocycles. The van der Waals surface area contributed by atoms with E-state index in [0.29, 0.717) is 29.8 Å². The van der Waals surface area contributed by atoms with E-state index < -0.39 is 5.82 Å². The third kappa shape index (κ3) is 5.10. The molecule has 36 heavy (non-hydrogen) atoms. The number of aryl methyl sites for hydroxylation is 1. The average Bonchev–Trinajstić information content (AvgIpc) is 3.68. The maximum atomic E-state index is 14.5. The van der Waals surface area contributed by atoms with Crippen LogP contribution in [-0.2, 0) is 6.54 Å². The van der Waals surface area contributed by atoms with Crippen molar-refractivity contribution in [2.75, 3.05) is 13.7 Å². The minimum atomic E-state index is -0.521. The van der Waals surface area contributed by atoms with Gasteiger partial charge in [-0.3, -0.25) is 4.79 Å². The van der Waals surface area contributed by atoms with Crippen LogP contribution in [0.25, 0.3) is 5.69 Å². The molecule has 1 heterocycles. The average molecular weight is 486 g/mol. The van der Waals surface area contributed by atoms with E-state index in [1.165, 1.54) is 12.1 Å². The Morgan fingerprint density at radius 1 is 1.03 bits per heavy atom. The van der Waals surface area contributed by atoms with Crippen LogP contribution in [-0.4, -0.2) is 34.2 Å². The molecule has 1 fully saturated rings. The molecular weight excluding hydrogens is 457 g/mol. The number of halogens is 1. The number of hydrogen-bond acceptors (Lipinski definition) is 4. The minimum absolute atomic E-state index is 0.0709. The Morgan fingerprint density at radius 2 is 1.75 bits per heavy atom. The number of carbonyl (C=O) groups is 1. The number of hydrogen-bond donors (Lipinski definition) is 0. The van der Waals surface area contributed by atoms with Gasteiger partial charge in [-0.15, -0.1) is 0 Å². The van der Waals surface area contributed by atoms with Crippen molar-refractivity contribution >= 4 is 5.91 Å². The van der Waals surface area contributed by atoms with Crippen molar-refractivity contribution in [2.45, 2.75) is 26.3 Å². The van der Waals surface area contributed by atoms with Gasteiger partial charge in [0.2, 0.25) is 5.88 Å². The van der Waals surface area contributed by atoms with Gasteiger partial charge in [-0.2, -0.15) is 5.10 Å². The predicted octanol–water partition coefficient (Wildman–Crippen LogP) is 6.17. The van der Waals surface area contributed by atoms with Crippen molar-refractivity contribution in [3.05, 3.63) is 102 Å². The molecule has 1 amide bonds. The molecule has 184 valence electrons. The zero-order chi connectivity index (χ0) is 25.1. The van der Waals surface area contributed by atoms with E-state index in [2.05, 4.69) is 0 Å². The van der Waals surface area contributed by atoms with Crippen LogP contribution in [0.4, 0.5) is 4.39 Å². The van der Waals surface area contributed by atoms with Crippen LogP contribution in [0.2, 0.25) is 0 Å². The fraction of sp³-hybridized carbons (Fsp3) is 0.241. The number of para-hydroxylation sites is 1. The predicted molar refractivity (Wildman–Crippen MR) is 135 cm³/mol. The highest BCUT2D eigenvalue weighted by Gasteiger charge is 2.31. The third-order valence-corrected chi connectivity index (χ3v) is 6.31. The summed E-state index contributed by atoms with van der Waals surface area (Å²) in [6.07, 6.45) is 2.13. The largest absolute Gasteiger partial charge is 0.497 e. The number of methoxy groups -OCH3 is 1. The van der Waals surface area contributed by atoms with Gasteiger partial charge < -0.3 is 14.4 Å². The fourth-order valence-corrected chi connectivity index (χ4v) is 4.17. The summed E-state index contributed by atoms with van der Waals surface area (Å²) in [5, 5.41) is 4.77. The van der Waals surface area contributed by atoms with E-state index in [9.17, 15) is 9.18 Å². The van der Waals surface area contributed by atoms with E-state index in [0.717, 1.165) is 29.8 Å². The van der Waals surface area contributed by atoms with Gasteiger partial charge >= 0.3 is 0 Å². The molecule has 4 aromatic rings. The van der Waals surface area contributed by atoms with E-state index in [4.69, 9.17) is 14.6 Å². The van der Waals surface area contributed by atoms with Crippen LogP contribution in [0.1, 0.15) is 34.5 Å². The van der Waals surface area contributed by atoms with Crippen LogP contribution in [0.3, 0.4) is 0 Å². The van der Waals surface area contributed by atoms with Crippen LogP contribution < -0.4 is 9.47 Å². The first-order valence-corrected chi connectivity index (χ1v) is 12.0. The Labute approximate surface area is 209 Å². The molecule has 5 rings (SSSR count). The molecule has 0 atom stereocenters. The first-order chi connectivity index (χ1) is 17.5. The van der Waals surface area contributed by atoms with Crippen molar-refractivity contribution in [3.63, 3.8) is 0 Å². The third-order valence-electron chi connectivity index (χ3n) is 6.31. The Balaban J connectivity index is 1.55. The monoisotopic (exact) mass is 485 g/mol. The second-order valence-corrected chi connectivity index (χ2v) is 9.01. The van der Waals surface area contributed by atoms with Crippen molar-refractivity contribution in [2.24, 2.45) is 5.92 Å². The van der Waals surface area contributed by atoms with Gasteiger partial charge in [0, 0.05) is 12.6 Å². The summed E-state index contributed by atoms with van der Waals surface area (Å²) < 4.78 is 28.0. The standard InChI is InChI=1S/C29H28FN3O3/c1-20-26(19-32(18-21-15-16-21)28(34)25-13-6-7-14-27(25)30)29(33(31-20)22-9-4-3-5-10-22)36-24-12-8-11-23(17-24)35-2/h3-14,17,21H,15-16,18-19H2,1-2H3. The van der Waals surface area contributed by atoms with E-state index in [1.54, 1.807) is 34.9 Å². The lowest BCUT2D eigenvalue weighted by atomic mass is 10.1. The summed E-state index contributed by atoms with van der Waals surface area (Å²) in [4.78, 5) is 15.2.